The van der Waals surface area contributed by atoms with Gasteiger partial charge in [0.1, 0.15) is 11.6 Å². The third kappa shape index (κ3) is 40.2. The van der Waals surface area contributed by atoms with Crippen LogP contribution in [0, 0.1) is 93.2 Å². The summed E-state index contributed by atoms with van der Waals surface area (Å²) in [6, 6.07) is 34.1. The summed E-state index contributed by atoms with van der Waals surface area (Å²) in [6.07, 6.45) is 12.2. The Bertz CT molecular complexity index is 4220. The molecule has 0 spiro atoms. The van der Waals surface area contributed by atoms with Gasteiger partial charge in [-0.25, -0.2) is 0 Å². The number of benzene rings is 4. The minimum absolute atomic E-state index is 0.00307. The Morgan fingerprint density at radius 3 is 0.766 bits per heavy atom. The smallest absolute Gasteiger partial charge is 0.237 e. The highest BCUT2D eigenvalue weighted by Gasteiger charge is 2.51. The van der Waals surface area contributed by atoms with Crippen molar-refractivity contribution < 1.29 is 67.1 Å². The molecule has 6 amide bonds. The van der Waals surface area contributed by atoms with Gasteiger partial charge < -0.3 is 47.2 Å². The number of nitrogens with two attached hydrogens (primary N) is 1. The summed E-state index contributed by atoms with van der Waals surface area (Å²) in [5.41, 5.74) is 9.16. The molecule has 21 nitrogen and oxygen atoms in total. The molecular weight excluding hydrogens is 1610 g/mol. The molecule has 4 aromatic rings. The Labute approximate surface area is 767 Å². The predicted octanol–water partition coefficient (Wildman–Crippen LogP) is 17.3. The minimum atomic E-state index is -0.789. The number of ketones is 8. The van der Waals surface area contributed by atoms with Crippen LogP contribution in [0.3, 0.4) is 0 Å². The van der Waals surface area contributed by atoms with Gasteiger partial charge in [-0.15, -0.1) is 0 Å². The van der Waals surface area contributed by atoms with Crippen molar-refractivity contribution in [3.63, 3.8) is 0 Å². The summed E-state index contributed by atoms with van der Waals surface area (Å²) in [4.78, 5) is 186. The monoisotopic (exact) mass is 1770 g/mol. The number of carbonyl (C=O) groups is 14. The average molecular weight is 1770 g/mol. The van der Waals surface area contributed by atoms with Crippen LogP contribution >= 0.6 is 0 Å². The predicted molar refractivity (Wildman–Crippen MR) is 509 cm³/mol. The van der Waals surface area contributed by atoms with E-state index in [2.05, 4.69) is 31.9 Å². The number of amides is 6. The second-order valence-corrected chi connectivity index (χ2v) is 42.0. The Balaban J connectivity index is 0.000000342. The first-order valence-corrected chi connectivity index (χ1v) is 48.0. The Morgan fingerprint density at radius 2 is 0.492 bits per heavy atom. The molecule has 3 fully saturated rings. The van der Waals surface area contributed by atoms with Crippen molar-refractivity contribution in [2.24, 2.45) is 98.9 Å². The van der Waals surface area contributed by atoms with Crippen LogP contribution in [0.2, 0.25) is 0 Å². The van der Waals surface area contributed by atoms with E-state index in [-0.39, 0.29) is 177 Å². The fourth-order valence-electron chi connectivity index (χ4n) is 16.9. The SMILES string of the molecule is CC(=O)C[C@@H](CC(C)C)C(=O)N[C@@H](CC(C)C)C(=O)C[C@@H](CC(C)C)C(=O)N[C@@H](CC(C)C)C(=O)C1(C)CC1.CC(=O)C[C@@H](CCc1ccccc1)C(=O)N[C@@H](CC(C)C)C(=O)C[C@@H](Cc1ccccc1)C(=O)N[C@@H](CC(C)C)C(=O)C1(C)CC1.CC(C)C[C@H](NC(=O)[C@@H](N)CCc1ccccc1)C(=O)C[C@@H](Cc1ccccc1)C(=O)N[C@@H](CC(C)C)C(=O)C1(C)CC1. The third-order valence-corrected chi connectivity index (χ3v) is 25.0. The van der Waals surface area contributed by atoms with Crippen molar-refractivity contribution in [3.05, 3.63) is 144 Å². The molecule has 0 aromatic heterocycles. The highest BCUT2D eigenvalue weighted by Crippen LogP contribution is 2.49. The summed E-state index contributed by atoms with van der Waals surface area (Å²) in [7, 11) is 0. The first-order valence-electron chi connectivity index (χ1n) is 48.0. The first-order chi connectivity index (χ1) is 60.1. The molecule has 0 bridgehead atoms. The van der Waals surface area contributed by atoms with Crippen molar-refractivity contribution in [3.8, 4) is 0 Å². The molecule has 8 N–H and O–H groups in total. The molecule has 0 saturated heterocycles. The highest BCUT2D eigenvalue weighted by molar-refractivity contribution is 6.00. The zero-order valence-electron chi connectivity index (χ0n) is 81.6. The van der Waals surface area contributed by atoms with E-state index in [0.717, 1.165) is 60.8 Å². The molecule has 128 heavy (non-hydrogen) atoms. The molecule has 7 rings (SSSR count). The number of Topliss-reactive ketones (excluding diaryl/α,β-unsaturated/α-hetero) is 8. The summed E-state index contributed by atoms with van der Waals surface area (Å²) >= 11 is 0. The van der Waals surface area contributed by atoms with Crippen LogP contribution in [0.4, 0.5) is 0 Å². The number of rotatable bonds is 57. The molecular formula is C107H161N7O14. The molecule has 3 aliphatic rings. The standard InChI is InChI=1S/C39H54N2O5.C36H51N3O4.C32H56N2O5/c1-26(2)21-33(40-37(45)31(23-28(5)42)18-17-29-13-9-7-10-14-29)35(43)25-32(24-30-15-11-8-12-16-30)38(46)41-34(22-27(3)4)36(44)39(6)19-20-39;1-24(2)20-30(38-35(43)29(37)17-16-26-12-8-6-9-13-26)32(40)23-28(22-27-14-10-7-11-15-27)34(42)39-31(21-25(3)4)33(41)36(5)18-19-36;1-19(2)13-24(17-23(9)35)30(38)33-26(15-21(5)6)28(36)18-25(14-20(3)4)31(39)34-27(16-22(7)8)29(37)32(10)11-12-32/h7-16,26-27,31-34H,17-25H2,1-6H3,(H,40,45)(H,41,46);6-15,24-25,28-31H,16-23,37H2,1-5H3,(H,38,43)(H,39,42);19-22,24-27H,11-18H2,1-10H3,(H,33,38)(H,34,39)/t31-,32-,33+,34+;28-,29+,30+,31+;24-,25-,26+,27+/m111/s1. The zero-order chi connectivity index (χ0) is 95.5. The molecule has 21 heteroatoms. The van der Waals surface area contributed by atoms with Crippen LogP contribution in [0.25, 0.3) is 0 Å². The third-order valence-electron chi connectivity index (χ3n) is 25.0. The van der Waals surface area contributed by atoms with Crippen LogP contribution in [0.15, 0.2) is 121 Å². The summed E-state index contributed by atoms with van der Waals surface area (Å²) in [5.74, 6) is -3.82. The van der Waals surface area contributed by atoms with Crippen LogP contribution < -0.4 is 37.6 Å². The lowest BCUT2D eigenvalue weighted by molar-refractivity contribution is -0.136. The number of hydrogen-bond acceptors (Lipinski definition) is 15. The van der Waals surface area contributed by atoms with Gasteiger partial charge in [-0.05, 0) is 212 Å². The topological polar surface area (TPSA) is 337 Å². The molecule has 0 heterocycles. The van der Waals surface area contributed by atoms with Crippen molar-refractivity contribution in [1.29, 1.82) is 0 Å². The molecule has 708 valence electrons. The largest absolute Gasteiger partial charge is 0.346 e. The summed E-state index contributed by atoms with van der Waals surface area (Å²) < 4.78 is 0. The maximum absolute atomic E-state index is 14.0. The van der Waals surface area contributed by atoms with Gasteiger partial charge in [0.15, 0.2) is 34.7 Å². The van der Waals surface area contributed by atoms with Crippen molar-refractivity contribution in [2.45, 2.75) is 348 Å². The Hall–Kier alpha value is -8.98. The van der Waals surface area contributed by atoms with Crippen molar-refractivity contribution in [1.82, 2.24) is 31.9 Å². The maximum atomic E-state index is 14.0. The van der Waals surface area contributed by atoms with E-state index < -0.39 is 71.9 Å². The summed E-state index contributed by atoms with van der Waals surface area (Å²) in [6.45, 7) is 41.0. The number of nitrogens with one attached hydrogen (secondary N) is 6. The van der Waals surface area contributed by atoms with Crippen LogP contribution in [-0.2, 0) is 92.8 Å². The van der Waals surface area contributed by atoms with Gasteiger partial charge in [-0.1, -0.05) is 253 Å². The molecule has 3 saturated carbocycles. The molecule has 4 aromatic carbocycles. The molecule has 12 atom stereocenters. The van der Waals surface area contributed by atoms with Gasteiger partial charge in [0.05, 0.1) is 42.3 Å². The van der Waals surface area contributed by atoms with Gasteiger partial charge in [-0.2, -0.15) is 0 Å². The second-order valence-electron chi connectivity index (χ2n) is 42.0. The van der Waals surface area contributed by atoms with Crippen LogP contribution in [0.5, 0.6) is 0 Å². The number of aryl methyl sites for hydroxylation is 2. The first kappa shape index (κ1) is 110. The lowest BCUT2D eigenvalue weighted by Gasteiger charge is -2.28. The minimum Gasteiger partial charge on any atom is -0.346 e. The number of carbonyl (C=O) groups excluding carboxylic acids is 14. The van der Waals surface area contributed by atoms with Crippen LogP contribution in [-0.4, -0.2) is 124 Å². The van der Waals surface area contributed by atoms with Crippen molar-refractivity contribution >= 4 is 81.7 Å². The maximum Gasteiger partial charge on any atom is 0.237 e. The van der Waals surface area contributed by atoms with E-state index in [1.54, 1.807) is 0 Å². The fourth-order valence-corrected chi connectivity index (χ4v) is 16.9. The number of hydrogen-bond donors (Lipinski definition) is 7. The molecule has 0 aliphatic heterocycles. The van der Waals surface area contributed by atoms with E-state index in [1.807, 2.05) is 253 Å². The van der Waals surface area contributed by atoms with Crippen LogP contribution in [0.1, 0.15) is 302 Å². The van der Waals surface area contributed by atoms with Crippen molar-refractivity contribution in [2.75, 3.05) is 0 Å². The van der Waals surface area contributed by atoms with E-state index in [9.17, 15) is 67.1 Å². The average Bonchev–Trinajstić information content (AvgIpc) is 1.65. The van der Waals surface area contributed by atoms with E-state index in [0.29, 0.717) is 89.9 Å². The second kappa shape index (κ2) is 53.4. The van der Waals surface area contributed by atoms with E-state index in [1.165, 1.54) is 13.8 Å². The van der Waals surface area contributed by atoms with E-state index >= 15 is 0 Å². The summed E-state index contributed by atoms with van der Waals surface area (Å²) in [5, 5.41) is 17.9. The van der Waals surface area contributed by atoms with Gasteiger partial charge in [0.2, 0.25) is 35.4 Å². The zero-order valence-corrected chi connectivity index (χ0v) is 81.6. The van der Waals surface area contributed by atoms with Gasteiger partial charge in [0.25, 0.3) is 0 Å². The Morgan fingerprint density at radius 1 is 0.273 bits per heavy atom. The van der Waals surface area contributed by atoms with Gasteiger partial charge >= 0.3 is 0 Å². The van der Waals surface area contributed by atoms with Gasteiger partial charge in [-0.3, -0.25) is 57.5 Å². The lowest BCUT2D eigenvalue weighted by atomic mass is 9.86. The molecule has 0 radical (unpaired) electrons. The Kier molecular flexibility index (Phi) is 45.7. The molecule has 0 unspecified atom stereocenters. The quantitative estimate of drug-likeness (QED) is 0.0216. The highest BCUT2D eigenvalue weighted by atomic mass is 16.2. The molecule has 3 aliphatic carbocycles. The van der Waals surface area contributed by atoms with E-state index in [4.69, 9.17) is 5.73 Å². The fraction of sp³-hybridized carbons (Fsp3) is 0.645. The van der Waals surface area contributed by atoms with Gasteiger partial charge in [0, 0.05) is 77.9 Å². The lowest BCUT2D eigenvalue weighted by Crippen LogP contribution is -2.50. The normalized spacial score (nSPS) is 16.8.